The van der Waals surface area contributed by atoms with Crippen LogP contribution in [0.3, 0.4) is 0 Å². The molecule has 2 rings (SSSR count). The number of nitrogens with one attached hydrogen (secondary N) is 1. The van der Waals surface area contributed by atoms with Crippen LogP contribution in [0, 0.1) is 5.92 Å². The van der Waals surface area contributed by atoms with E-state index >= 15 is 0 Å². The minimum atomic E-state index is 0.282. The van der Waals surface area contributed by atoms with E-state index in [1.54, 1.807) is 0 Å². The lowest BCUT2D eigenvalue weighted by molar-refractivity contribution is -0.0195. The summed E-state index contributed by atoms with van der Waals surface area (Å²) >= 11 is 0. The maximum atomic E-state index is 5.85. The first-order chi connectivity index (χ1) is 5.31. The molecule has 0 aromatic rings. The fraction of sp³-hybridized carbons (Fsp3) is 1.00. The van der Waals surface area contributed by atoms with Gasteiger partial charge in [-0.1, -0.05) is 6.92 Å². The Morgan fingerprint density at radius 2 is 2.09 bits per heavy atom. The monoisotopic (exact) mass is 155 g/mol. The third-order valence-corrected chi connectivity index (χ3v) is 2.91. The topological polar surface area (TPSA) is 21.3 Å². The molecular formula is C9H17NO. The van der Waals surface area contributed by atoms with Crippen molar-refractivity contribution in [3.63, 3.8) is 0 Å². The Morgan fingerprint density at radius 3 is 2.64 bits per heavy atom. The molecule has 2 fully saturated rings. The van der Waals surface area contributed by atoms with Crippen molar-refractivity contribution in [1.29, 1.82) is 0 Å². The normalized spacial score (nSPS) is 36.3. The first-order valence-electron chi connectivity index (χ1n) is 4.65. The highest BCUT2D eigenvalue weighted by Crippen LogP contribution is 2.36. The van der Waals surface area contributed by atoms with Crippen LogP contribution in [0.25, 0.3) is 0 Å². The summed E-state index contributed by atoms with van der Waals surface area (Å²) in [6, 6.07) is 0. The molecule has 0 aliphatic carbocycles. The SMILES string of the molecule is C[C@H]1COC2(CCNCC2)C1. The van der Waals surface area contributed by atoms with Crippen LogP contribution in [-0.2, 0) is 4.74 Å². The van der Waals surface area contributed by atoms with Crippen LogP contribution in [0.1, 0.15) is 26.2 Å². The molecule has 1 atom stereocenters. The second-order valence-corrected chi connectivity index (χ2v) is 4.05. The van der Waals surface area contributed by atoms with E-state index in [9.17, 15) is 0 Å². The largest absolute Gasteiger partial charge is 0.375 e. The average molecular weight is 155 g/mol. The van der Waals surface area contributed by atoms with Crippen LogP contribution in [0.2, 0.25) is 0 Å². The lowest BCUT2D eigenvalue weighted by atomic mass is 9.87. The van der Waals surface area contributed by atoms with Crippen LogP contribution >= 0.6 is 0 Å². The van der Waals surface area contributed by atoms with Crippen molar-refractivity contribution in [2.45, 2.75) is 31.8 Å². The Bertz CT molecular complexity index is 135. The van der Waals surface area contributed by atoms with Gasteiger partial charge in [0.05, 0.1) is 5.60 Å². The van der Waals surface area contributed by atoms with Gasteiger partial charge in [0.25, 0.3) is 0 Å². The second kappa shape index (κ2) is 2.76. The molecular weight excluding hydrogens is 138 g/mol. The molecule has 1 N–H and O–H groups in total. The molecule has 2 heteroatoms. The summed E-state index contributed by atoms with van der Waals surface area (Å²) in [6.45, 7) is 5.57. The van der Waals surface area contributed by atoms with Gasteiger partial charge < -0.3 is 10.1 Å². The molecule has 2 nitrogen and oxygen atoms in total. The van der Waals surface area contributed by atoms with Crippen molar-refractivity contribution in [3.8, 4) is 0 Å². The minimum Gasteiger partial charge on any atom is -0.375 e. The molecule has 2 saturated heterocycles. The van der Waals surface area contributed by atoms with Crippen LogP contribution in [-0.4, -0.2) is 25.3 Å². The quantitative estimate of drug-likeness (QED) is 0.567. The Kier molecular flexibility index (Phi) is 1.90. The fourth-order valence-corrected chi connectivity index (χ4v) is 2.30. The predicted octanol–water partition coefficient (Wildman–Crippen LogP) is 1.16. The van der Waals surface area contributed by atoms with Gasteiger partial charge in [0.2, 0.25) is 0 Å². The molecule has 0 radical (unpaired) electrons. The van der Waals surface area contributed by atoms with E-state index in [1.165, 1.54) is 19.3 Å². The summed E-state index contributed by atoms with van der Waals surface area (Å²) in [7, 11) is 0. The van der Waals surface area contributed by atoms with E-state index in [-0.39, 0.29) is 5.60 Å². The lowest BCUT2D eigenvalue weighted by Crippen LogP contribution is -2.41. The highest BCUT2D eigenvalue weighted by molar-refractivity contribution is 4.91. The lowest BCUT2D eigenvalue weighted by Gasteiger charge is -2.32. The van der Waals surface area contributed by atoms with Gasteiger partial charge in [0, 0.05) is 6.61 Å². The molecule has 0 amide bonds. The molecule has 64 valence electrons. The number of hydrogen-bond acceptors (Lipinski definition) is 2. The van der Waals surface area contributed by atoms with Crippen molar-refractivity contribution >= 4 is 0 Å². The van der Waals surface area contributed by atoms with E-state index in [0.717, 1.165) is 25.6 Å². The highest BCUT2D eigenvalue weighted by atomic mass is 16.5. The molecule has 0 saturated carbocycles. The van der Waals surface area contributed by atoms with E-state index < -0.39 is 0 Å². The summed E-state index contributed by atoms with van der Waals surface area (Å²) in [4.78, 5) is 0. The third kappa shape index (κ3) is 1.42. The van der Waals surface area contributed by atoms with Crippen molar-refractivity contribution in [3.05, 3.63) is 0 Å². The summed E-state index contributed by atoms with van der Waals surface area (Å²) in [5.41, 5.74) is 0.282. The molecule has 0 bridgehead atoms. The van der Waals surface area contributed by atoms with Crippen LogP contribution in [0.4, 0.5) is 0 Å². The maximum Gasteiger partial charge on any atom is 0.0710 e. The van der Waals surface area contributed by atoms with Gasteiger partial charge >= 0.3 is 0 Å². The minimum absolute atomic E-state index is 0.282. The molecule has 2 heterocycles. The molecule has 2 aliphatic rings. The molecule has 0 unspecified atom stereocenters. The average Bonchev–Trinajstić information content (AvgIpc) is 2.34. The number of hydrogen-bond donors (Lipinski definition) is 1. The molecule has 0 aromatic carbocycles. The van der Waals surface area contributed by atoms with E-state index in [0.29, 0.717) is 0 Å². The van der Waals surface area contributed by atoms with Gasteiger partial charge in [-0.05, 0) is 38.3 Å². The predicted molar refractivity (Wildman–Crippen MR) is 44.6 cm³/mol. The Morgan fingerprint density at radius 1 is 1.36 bits per heavy atom. The first-order valence-corrected chi connectivity index (χ1v) is 4.65. The highest BCUT2D eigenvalue weighted by Gasteiger charge is 2.39. The van der Waals surface area contributed by atoms with Crippen molar-refractivity contribution in [1.82, 2.24) is 5.32 Å². The zero-order chi connectivity index (χ0) is 7.73. The van der Waals surface area contributed by atoms with Gasteiger partial charge in [-0.25, -0.2) is 0 Å². The number of rotatable bonds is 0. The van der Waals surface area contributed by atoms with Crippen LogP contribution in [0.15, 0.2) is 0 Å². The van der Waals surface area contributed by atoms with Crippen molar-refractivity contribution < 1.29 is 4.74 Å². The second-order valence-electron chi connectivity index (χ2n) is 4.05. The Hall–Kier alpha value is -0.0800. The maximum absolute atomic E-state index is 5.85. The van der Waals surface area contributed by atoms with Crippen LogP contribution < -0.4 is 5.32 Å². The molecule has 1 spiro atoms. The van der Waals surface area contributed by atoms with Crippen LogP contribution in [0.5, 0.6) is 0 Å². The Balaban J connectivity index is 1.98. The van der Waals surface area contributed by atoms with Gasteiger partial charge in [0.15, 0.2) is 0 Å². The molecule has 11 heavy (non-hydrogen) atoms. The summed E-state index contributed by atoms with van der Waals surface area (Å²) in [5, 5.41) is 3.37. The number of ether oxygens (including phenoxy) is 1. The van der Waals surface area contributed by atoms with E-state index in [4.69, 9.17) is 4.74 Å². The van der Waals surface area contributed by atoms with Gasteiger partial charge in [-0.3, -0.25) is 0 Å². The van der Waals surface area contributed by atoms with Gasteiger partial charge in [0.1, 0.15) is 0 Å². The smallest absolute Gasteiger partial charge is 0.0710 e. The van der Waals surface area contributed by atoms with Gasteiger partial charge in [-0.2, -0.15) is 0 Å². The number of piperidine rings is 1. The van der Waals surface area contributed by atoms with Crippen molar-refractivity contribution in [2.75, 3.05) is 19.7 Å². The third-order valence-electron chi connectivity index (χ3n) is 2.91. The first kappa shape index (κ1) is 7.56. The molecule has 0 aromatic heterocycles. The summed E-state index contributed by atoms with van der Waals surface area (Å²) in [5.74, 6) is 0.785. The summed E-state index contributed by atoms with van der Waals surface area (Å²) in [6.07, 6.45) is 3.73. The fourth-order valence-electron chi connectivity index (χ4n) is 2.30. The van der Waals surface area contributed by atoms with Crippen molar-refractivity contribution in [2.24, 2.45) is 5.92 Å². The zero-order valence-electron chi connectivity index (χ0n) is 7.23. The zero-order valence-corrected chi connectivity index (χ0v) is 7.23. The summed E-state index contributed by atoms with van der Waals surface area (Å²) < 4.78 is 5.85. The van der Waals surface area contributed by atoms with E-state index in [1.807, 2.05) is 0 Å². The Labute approximate surface area is 68.3 Å². The van der Waals surface area contributed by atoms with E-state index in [2.05, 4.69) is 12.2 Å². The molecule has 2 aliphatic heterocycles. The standard InChI is InChI=1S/C9H17NO/c1-8-6-9(11-7-8)2-4-10-5-3-9/h8,10H,2-7H2,1H3/t8-/m1/s1. The van der Waals surface area contributed by atoms with Gasteiger partial charge in [-0.15, -0.1) is 0 Å².